The van der Waals surface area contributed by atoms with Crippen LogP contribution in [0.25, 0.3) is 11.1 Å². The molecule has 1 fully saturated rings. The van der Waals surface area contributed by atoms with Crippen LogP contribution in [-0.4, -0.2) is 23.2 Å². The van der Waals surface area contributed by atoms with E-state index in [9.17, 15) is 4.79 Å². The molecule has 0 spiro atoms. The first kappa shape index (κ1) is 12.0. The van der Waals surface area contributed by atoms with Crippen molar-refractivity contribution in [1.82, 2.24) is 4.98 Å². The van der Waals surface area contributed by atoms with Crippen LogP contribution in [0.3, 0.4) is 0 Å². The number of hydrogen-bond donors (Lipinski definition) is 1. The summed E-state index contributed by atoms with van der Waals surface area (Å²) in [5.74, 6) is 0.492. The van der Waals surface area contributed by atoms with Crippen LogP contribution in [0.1, 0.15) is 31.1 Å². The Morgan fingerprint density at radius 2 is 2.32 bits per heavy atom. The highest BCUT2D eigenvalue weighted by Crippen LogP contribution is 2.39. The lowest BCUT2D eigenvalue weighted by Gasteiger charge is -2.03. The van der Waals surface area contributed by atoms with Gasteiger partial charge in [-0.15, -0.1) is 0 Å². The Morgan fingerprint density at radius 3 is 3.00 bits per heavy atom. The average molecular weight is 261 g/mol. The molecule has 0 amide bonds. The maximum atomic E-state index is 11.0. The van der Waals surface area contributed by atoms with Crippen LogP contribution in [0.4, 0.5) is 0 Å². The average Bonchev–Trinajstić information content (AvgIpc) is 3.04. The summed E-state index contributed by atoms with van der Waals surface area (Å²) in [6.07, 6.45) is 2.13. The maximum Gasteiger partial charge on any atom is 0.306 e. The number of ether oxygens (including phenoxy) is 1. The second kappa shape index (κ2) is 4.57. The maximum absolute atomic E-state index is 11.0. The van der Waals surface area contributed by atoms with Crippen molar-refractivity contribution < 1.29 is 19.1 Å². The largest absolute Gasteiger partial charge is 0.497 e. The van der Waals surface area contributed by atoms with Gasteiger partial charge in [-0.2, -0.15) is 0 Å². The van der Waals surface area contributed by atoms with Crippen LogP contribution >= 0.6 is 0 Å². The predicted molar refractivity (Wildman–Crippen MR) is 68.3 cm³/mol. The molecular weight excluding hydrogens is 246 g/mol. The molecule has 1 N–H and O–H groups in total. The zero-order valence-electron chi connectivity index (χ0n) is 10.6. The summed E-state index contributed by atoms with van der Waals surface area (Å²) in [5.41, 5.74) is 1.47. The van der Waals surface area contributed by atoms with Crippen molar-refractivity contribution in [2.75, 3.05) is 7.11 Å². The minimum Gasteiger partial charge on any atom is -0.497 e. The van der Waals surface area contributed by atoms with Crippen molar-refractivity contribution >= 4 is 17.1 Å². The summed E-state index contributed by atoms with van der Waals surface area (Å²) in [5, 5.41) is 9.02. The van der Waals surface area contributed by atoms with Gasteiger partial charge in [0.25, 0.3) is 0 Å². The van der Waals surface area contributed by atoms with Crippen LogP contribution in [-0.2, 0) is 4.79 Å². The number of benzene rings is 1. The van der Waals surface area contributed by atoms with Gasteiger partial charge in [0.05, 0.1) is 13.0 Å². The summed E-state index contributed by atoms with van der Waals surface area (Å²) in [6.45, 7) is 0. The molecule has 1 aromatic heterocycles. The van der Waals surface area contributed by atoms with Gasteiger partial charge in [0, 0.05) is 12.0 Å². The standard InChI is InChI=1S/C14H15NO4/c1-18-10-4-5-11-12(7-10)19-13(15-11)8-2-3-9(6-8)14(16)17/h4-5,7-9H,2-3,6H2,1H3,(H,16,17). The van der Waals surface area contributed by atoms with Crippen LogP contribution in [0.2, 0.25) is 0 Å². The van der Waals surface area contributed by atoms with Crippen molar-refractivity contribution in [3.8, 4) is 5.75 Å². The summed E-state index contributed by atoms with van der Waals surface area (Å²) in [6, 6.07) is 5.49. The van der Waals surface area contributed by atoms with Gasteiger partial charge in [-0.05, 0) is 31.4 Å². The van der Waals surface area contributed by atoms with E-state index in [0.29, 0.717) is 24.3 Å². The van der Waals surface area contributed by atoms with E-state index in [1.54, 1.807) is 13.2 Å². The SMILES string of the molecule is COc1ccc2nc(C3CCC(C(=O)O)C3)oc2c1. The van der Waals surface area contributed by atoms with Gasteiger partial charge in [-0.1, -0.05) is 0 Å². The van der Waals surface area contributed by atoms with E-state index in [2.05, 4.69) is 4.98 Å². The van der Waals surface area contributed by atoms with Gasteiger partial charge < -0.3 is 14.3 Å². The second-order valence-electron chi connectivity index (χ2n) is 4.93. The fourth-order valence-electron chi connectivity index (χ4n) is 2.65. The highest BCUT2D eigenvalue weighted by atomic mass is 16.5. The zero-order chi connectivity index (χ0) is 13.4. The van der Waals surface area contributed by atoms with E-state index in [1.165, 1.54) is 0 Å². The number of carbonyl (C=O) groups is 1. The van der Waals surface area contributed by atoms with Gasteiger partial charge in [0.15, 0.2) is 11.5 Å². The van der Waals surface area contributed by atoms with Gasteiger partial charge >= 0.3 is 5.97 Å². The molecule has 2 unspecified atom stereocenters. The topological polar surface area (TPSA) is 72.6 Å². The molecule has 1 aromatic carbocycles. The number of hydrogen-bond acceptors (Lipinski definition) is 4. The molecule has 5 nitrogen and oxygen atoms in total. The second-order valence-corrected chi connectivity index (χ2v) is 4.93. The molecule has 19 heavy (non-hydrogen) atoms. The molecule has 100 valence electrons. The first-order chi connectivity index (χ1) is 9.17. The monoisotopic (exact) mass is 261 g/mol. The summed E-state index contributed by atoms with van der Waals surface area (Å²) in [4.78, 5) is 15.4. The van der Waals surface area contributed by atoms with Crippen molar-refractivity contribution in [2.45, 2.75) is 25.2 Å². The molecule has 3 rings (SSSR count). The van der Waals surface area contributed by atoms with Gasteiger partial charge in [-0.3, -0.25) is 4.79 Å². The molecule has 1 heterocycles. The molecule has 0 bridgehead atoms. The molecular formula is C14H15NO4. The van der Waals surface area contributed by atoms with Crippen molar-refractivity contribution in [3.05, 3.63) is 24.1 Å². The number of aromatic nitrogens is 1. The normalized spacial score (nSPS) is 22.8. The lowest BCUT2D eigenvalue weighted by atomic mass is 10.1. The fourth-order valence-corrected chi connectivity index (χ4v) is 2.65. The lowest BCUT2D eigenvalue weighted by Crippen LogP contribution is -2.09. The van der Waals surface area contributed by atoms with Crippen LogP contribution < -0.4 is 4.74 Å². The molecule has 5 heteroatoms. The van der Waals surface area contributed by atoms with E-state index in [0.717, 1.165) is 17.7 Å². The summed E-state index contributed by atoms with van der Waals surface area (Å²) >= 11 is 0. The minimum atomic E-state index is -0.722. The van der Waals surface area contributed by atoms with Gasteiger partial charge in [-0.25, -0.2) is 4.98 Å². The molecule has 2 aromatic rings. The van der Waals surface area contributed by atoms with E-state index in [1.807, 2.05) is 12.1 Å². The summed E-state index contributed by atoms with van der Waals surface area (Å²) in [7, 11) is 1.60. The number of fused-ring (bicyclic) bond motifs is 1. The van der Waals surface area contributed by atoms with Crippen molar-refractivity contribution in [2.24, 2.45) is 5.92 Å². The molecule has 2 atom stereocenters. The molecule has 0 radical (unpaired) electrons. The Morgan fingerprint density at radius 1 is 1.47 bits per heavy atom. The third-order valence-electron chi connectivity index (χ3n) is 3.74. The zero-order valence-corrected chi connectivity index (χ0v) is 10.6. The van der Waals surface area contributed by atoms with E-state index >= 15 is 0 Å². The van der Waals surface area contributed by atoms with E-state index < -0.39 is 5.97 Å². The smallest absolute Gasteiger partial charge is 0.306 e. The first-order valence-electron chi connectivity index (χ1n) is 6.34. The number of oxazole rings is 1. The number of carboxylic acid groups (broad SMARTS) is 1. The van der Waals surface area contributed by atoms with E-state index in [4.69, 9.17) is 14.3 Å². The Balaban J connectivity index is 1.88. The Bertz CT molecular complexity index is 619. The number of aliphatic carboxylic acids is 1. The molecule has 0 aliphatic heterocycles. The highest BCUT2D eigenvalue weighted by Gasteiger charge is 2.33. The fraction of sp³-hybridized carbons (Fsp3) is 0.429. The Hall–Kier alpha value is -2.04. The quantitative estimate of drug-likeness (QED) is 0.919. The number of carboxylic acids is 1. The van der Waals surface area contributed by atoms with Gasteiger partial charge in [0.2, 0.25) is 0 Å². The van der Waals surface area contributed by atoms with Gasteiger partial charge in [0.1, 0.15) is 11.3 Å². The summed E-state index contributed by atoms with van der Waals surface area (Å²) < 4.78 is 10.9. The molecule has 1 aliphatic rings. The first-order valence-corrected chi connectivity index (χ1v) is 6.34. The van der Waals surface area contributed by atoms with Crippen LogP contribution in [0.5, 0.6) is 5.75 Å². The Kier molecular flexibility index (Phi) is 2.89. The number of rotatable bonds is 3. The minimum absolute atomic E-state index is 0.111. The number of methoxy groups -OCH3 is 1. The van der Waals surface area contributed by atoms with E-state index in [-0.39, 0.29) is 11.8 Å². The van der Waals surface area contributed by atoms with Crippen LogP contribution in [0, 0.1) is 5.92 Å². The molecule has 1 saturated carbocycles. The highest BCUT2D eigenvalue weighted by molar-refractivity contribution is 5.74. The number of nitrogens with zero attached hydrogens (tertiary/aromatic N) is 1. The Labute approximate surface area is 110 Å². The molecule has 0 saturated heterocycles. The third kappa shape index (κ3) is 2.16. The predicted octanol–water partition coefficient (Wildman–Crippen LogP) is 2.80. The van der Waals surface area contributed by atoms with Crippen LogP contribution in [0.15, 0.2) is 22.6 Å². The molecule has 1 aliphatic carbocycles. The van der Waals surface area contributed by atoms with Crippen molar-refractivity contribution in [3.63, 3.8) is 0 Å². The van der Waals surface area contributed by atoms with Crippen molar-refractivity contribution in [1.29, 1.82) is 0 Å². The third-order valence-corrected chi connectivity index (χ3v) is 3.74. The lowest BCUT2D eigenvalue weighted by molar-refractivity contribution is -0.141.